The molecule has 0 saturated heterocycles. The largest absolute Gasteiger partial charge is 0.456 e. The number of Topliss-reactive ketones (excluding diaryl/α,β-unsaturated/α-hetero) is 1. The van der Waals surface area contributed by atoms with E-state index in [0.29, 0.717) is 22.6 Å². The van der Waals surface area contributed by atoms with Gasteiger partial charge in [-0.05, 0) is 38.1 Å². The summed E-state index contributed by atoms with van der Waals surface area (Å²) in [7, 11) is 0. The van der Waals surface area contributed by atoms with Gasteiger partial charge in [0.1, 0.15) is 11.5 Å². The summed E-state index contributed by atoms with van der Waals surface area (Å²) in [4.78, 5) is 22.1. The van der Waals surface area contributed by atoms with E-state index in [4.69, 9.17) is 4.74 Å². The van der Waals surface area contributed by atoms with E-state index in [9.17, 15) is 14.9 Å². The summed E-state index contributed by atoms with van der Waals surface area (Å²) in [5, 5.41) is 10.9. The zero-order valence-electron chi connectivity index (χ0n) is 11.4. The van der Waals surface area contributed by atoms with Crippen LogP contribution in [-0.4, -0.2) is 10.7 Å². The molecule has 0 radical (unpaired) electrons. The molecule has 0 unspecified atom stereocenters. The number of halogens is 1. The van der Waals surface area contributed by atoms with Crippen molar-refractivity contribution in [3.05, 3.63) is 62.1 Å². The number of benzene rings is 2. The molecular formula is C15H12BrNO4. The first-order valence-electron chi connectivity index (χ1n) is 6.12. The zero-order valence-corrected chi connectivity index (χ0v) is 13.0. The van der Waals surface area contributed by atoms with E-state index in [1.165, 1.54) is 13.0 Å². The highest BCUT2D eigenvalue weighted by Gasteiger charge is 2.17. The molecule has 0 fully saturated rings. The van der Waals surface area contributed by atoms with Gasteiger partial charge in [-0.1, -0.05) is 22.0 Å². The van der Waals surface area contributed by atoms with Crippen molar-refractivity contribution in [2.75, 3.05) is 0 Å². The molecule has 0 amide bonds. The third-order valence-electron chi connectivity index (χ3n) is 3.00. The SMILES string of the molecule is CC(=O)c1ccc(Br)cc1Oc1cccc([N+](=O)[O-])c1C. The van der Waals surface area contributed by atoms with Crippen LogP contribution >= 0.6 is 15.9 Å². The van der Waals surface area contributed by atoms with Crippen molar-refractivity contribution in [2.45, 2.75) is 13.8 Å². The molecule has 2 aromatic rings. The Balaban J connectivity index is 2.48. The summed E-state index contributed by atoms with van der Waals surface area (Å²) >= 11 is 3.32. The number of hydrogen-bond donors (Lipinski definition) is 0. The number of carbonyl (C=O) groups is 1. The van der Waals surface area contributed by atoms with E-state index in [2.05, 4.69) is 15.9 Å². The number of rotatable bonds is 4. The van der Waals surface area contributed by atoms with Crippen LogP contribution in [0.2, 0.25) is 0 Å². The number of nitro benzene ring substituents is 1. The first-order valence-corrected chi connectivity index (χ1v) is 6.92. The summed E-state index contributed by atoms with van der Waals surface area (Å²) in [6, 6.07) is 9.64. The number of hydrogen-bond acceptors (Lipinski definition) is 4. The van der Waals surface area contributed by atoms with Gasteiger partial charge in [0.25, 0.3) is 5.69 Å². The van der Waals surface area contributed by atoms with Crippen molar-refractivity contribution in [1.29, 1.82) is 0 Å². The van der Waals surface area contributed by atoms with Crippen LogP contribution in [0.25, 0.3) is 0 Å². The highest BCUT2D eigenvalue weighted by atomic mass is 79.9. The van der Waals surface area contributed by atoms with Crippen LogP contribution in [0.3, 0.4) is 0 Å². The molecule has 0 aliphatic carbocycles. The van der Waals surface area contributed by atoms with E-state index in [1.807, 2.05) is 0 Å². The van der Waals surface area contributed by atoms with Gasteiger partial charge in [-0.25, -0.2) is 0 Å². The van der Waals surface area contributed by atoms with Gasteiger partial charge >= 0.3 is 0 Å². The average molecular weight is 350 g/mol. The Bertz CT molecular complexity index is 728. The highest BCUT2D eigenvalue weighted by molar-refractivity contribution is 9.10. The van der Waals surface area contributed by atoms with Crippen LogP contribution in [0, 0.1) is 17.0 Å². The molecule has 0 heterocycles. The number of ether oxygens (including phenoxy) is 1. The fraction of sp³-hybridized carbons (Fsp3) is 0.133. The highest BCUT2D eigenvalue weighted by Crippen LogP contribution is 2.34. The lowest BCUT2D eigenvalue weighted by Crippen LogP contribution is -1.99. The minimum atomic E-state index is -0.463. The second-order valence-electron chi connectivity index (χ2n) is 4.46. The monoisotopic (exact) mass is 349 g/mol. The molecule has 0 N–H and O–H groups in total. The first-order chi connectivity index (χ1) is 9.90. The zero-order chi connectivity index (χ0) is 15.6. The maximum Gasteiger partial charge on any atom is 0.276 e. The van der Waals surface area contributed by atoms with Gasteiger partial charge < -0.3 is 4.74 Å². The third kappa shape index (κ3) is 3.28. The van der Waals surface area contributed by atoms with E-state index in [0.717, 1.165) is 4.47 Å². The topological polar surface area (TPSA) is 69.4 Å². The van der Waals surface area contributed by atoms with Crippen molar-refractivity contribution in [3.8, 4) is 11.5 Å². The van der Waals surface area contributed by atoms with Crippen LogP contribution in [0.5, 0.6) is 11.5 Å². The number of ketones is 1. The number of nitro groups is 1. The van der Waals surface area contributed by atoms with Gasteiger partial charge in [0.2, 0.25) is 0 Å². The van der Waals surface area contributed by atoms with E-state index in [-0.39, 0.29) is 11.5 Å². The normalized spacial score (nSPS) is 10.2. The molecule has 5 nitrogen and oxygen atoms in total. The fourth-order valence-corrected chi connectivity index (χ4v) is 2.24. The van der Waals surface area contributed by atoms with Crippen LogP contribution < -0.4 is 4.74 Å². The number of carbonyl (C=O) groups excluding carboxylic acids is 1. The maximum absolute atomic E-state index is 11.6. The first kappa shape index (κ1) is 15.2. The molecule has 0 aliphatic heterocycles. The predicted octanol–water partition coefficient (Wildman–Crippen LogP) is 4.66. The van der Waals surface area contributed by atoms with Gasteiger partial charge in [-0.15, -0.1) is 0 Å². The Morgan fingerprint density at radius 2 is 1.95 bits per heavy atom. The van der Waals surface area contributed by atoms with E-state index in [1.54, 1.807) is 37.3 Å². The van der Waals surface area contributed by atoms with Gasteiger partial charge in [0.15, 0.2) is 5.78 Å². The van der Waals surface area contributed by atoms with E-state index < -0.39 is 4.92 Å². The second-order valence-corrected chi connectivity index (χ2v) is 5.37. The molecule has 0 aromatic heterocycles. The molecule has 2 aromatic carbocycles. The molecule has 6 heteroatoms. The molecule has 0 aliphatic rings. The van der Waals surface area contributed by atoms with Crippen molar-refractivity contribution >= 4 is 27.4 Å². The summed E-state index contributed by atoms with van der Waals surface area (Å²) < 4.78 is 6.47. The van der Waals surface area contributed by atoms with Gasteiger partial charge in [-0.2, -0.15) is 0 Å². The van der Waals surface area contributed by atoms with Gasteiger partial charge in [-0.3, -0.25) is 14.9 Å². The Labute approximate surface area is 129 Å². The fourth-order valence-electron chi connectivity index (χ4n) is 1.90. The summed E-state index contributed by atoms with van der Waals surface area (Å²) in [5.41, 5.74) is 0.813. The van der Waals surface area contributed by atoms with Crippen molar-refractivity contribution in [3.63, 3.8) is 0 Å². The lowest BCUT2D eigenvalue weighted by molar-refractivity contribution is -0.385. The Morgan fingerprint density at radius 1 is 1.24 bits per heavy atom. The molecule has 0 spiro atoms. The molecule has 21 heavy (non-hydrogen) atoms. The summed E-state index contributed by atoms with van der Waals surface area (Å²) in [5.74, 6) is 0.575. The standard InChI is InChI=1S/C15H12BrNO4/c1-9-13(17(19)20)4-3-5-14(9)21-15-8-11(16)6-7-12(15)10(2)18/h3-8H,1-2H3. The summed E-state index contributed by atoms with van der Waals surface area (Å²) in [6.07, 6.45) is 0. The lowest BCUT2D eigenvalue weighted by Gasteiger charge is -2.12. The Hall–Kier alpha value is -2.21. The van der Waals surface area contributed by atoms with Crippen molar-refractivity contribution in [1.82, 2.24) is 0 Å². The maximum atomic E-state index is 11.6. The smallest absolute Gasteiger partial charge is 0.276 e. The minimum absolute atomic E-state index is 0.0214. The molecule has 2 rings (SSSR count). The quantitative estimate of drug-likeness (QED) is 0.457. The molecular weight excluding hydrogens is 338 g/mol. The van der Waals surface area contributed by atoms with Crippen LogP contribution in [0.1, 0.15) is 22.8 Å². The van der Waals surface area contributed by atoms with Crippen LogP contribution in [0.15, 0.2) is 40.9 Å². The minimum Gasteiger partial charge on any atom is -0.456 e. The third-order valence-corrected chi connectivity index (χ3v) is 3.49. The van der Waals surface area contributed by atoms with Crippen molar-refractivity contribution in [2.24, 2.45) is 0 Å². The van der Waals surface area contributed by atoms with Crippen LogP contribution in [-0.2, 0) is 0 Å². The van der Waals surface area contributed by atoms with E-state index >= 15 is 0 Å². The molecule has 0 saturated carbocycles. The van der Waals surface area contributed by atoms with Crippen molar-refractivity contribution < 1.29 is 14.5 Å². The second kappa shape index (κ2) is 6.05. The van der Waals surface area contributed by atoms with Gasteiger partial charge in [0, 0.05) is 10.5 Å². The molecule has 108 valence electrons. The van der Waals surface area contributed by atoms with Gasteiger partial charge in [0.05, 0.1) is 16.1 Å². The Kier molecular flexibility index (Phi) is 4.37. The predicted molar refractivity (Wildman–Crippen MR) is 82.1 cm³/mol. The molecule has 0 bridgehead atoms. The summed E-state index contributed by atoms with van der Waals surface area (Å²) in [6.45, 7) is 3.05. The number of nitrogens with zero attached hydrogens (tertiary/aromatic N) is 1. The Morgan fingerprint density at radius 3 is 2.57 bits per heavy atom. The average Bonchev–Trinajstić information content (AvgIpc) is 2.40. The lowest BCUT2D eigenvalue weighted by atomic mass is 10.1. The molecule has 0 atom stereocenters. The van der Waals surface area contributed by atoms with Crippen LogP contribution in [0.4, 0.5) is 5.69 Å².